The van der Waals surface area contributed by atoms with E-state index in [0.29, 0.717) is 17.1 Å². The molecule has 3 rings (SSSR count). The van der Waals surface area contributed by atoms with Crippen molar-refractivity contribution >= 4 is 11.6 Å². The van der Waals surface area contributed by atoms with Crippen LogP contribution >= 0.6 is 0 Å². The van der Waals surface area contributed by atoms with Crippen LogP contribution in [0.15, 0.2) is 63.9 Å². The molecule has 2 N–H and O–H groups in total. The third-order valence-electron chi connectivity index (χ3n) is 3.22. The van der Waals surface area contributed by atoms with Gasteiger partial charge in [0, 0.05) is 17.8 Å². The van der Waals surface area contributed by atoms with Crippen molar-refractivity contribution in [3.8, 4) is 11.4 Å². The molecule has 7 heteroatoms. The maximum absolute atomic E-state index is 12.4. The molecule has 0 spiro atoms. The Labute approximate surface area is 131 Å². The van der Waals surface area contributed by atoms with Crippen LogP contribution in [0.5, 0.6) is 5.75 Å². The summed E-state index contributed by atoms with van der Waals surface area (Å²) in [5.41, 5.74) is 0.238. The molecule has 0 unspecified atom stereocenters. The summed E-state index contributed by atoms with van der Waals surface area (Å²) < 4.78 is 11.1. The molecule has 0 aliphatic heterocycles. The van der Waals surface area contributed by atoms with E-state index in [1.165, 1.54) is 4.68 Å². The minimum atomic E-state index is -0.755. The van der Waals surface area contributed by atoms with Crippen LogP contribution in [-0.2, 0) is 0 Å². The first-order chi connectivity index (χ1) is 11.2. The standard InChI is InChI=1S/C16H13N3O4/c1-22-13-9-7-12(8-10-13)19-14(16(21)23-18-19)15(20)17-11-5-3-2-4-6-11/h2-10H,1H3,(H-,17,18,20,21)/p+1. The number of aromatic amines is 1. The molecule has 1 amide bonds. The molecule has 0 aliphatic carbocycles. The first kappa shape index (κ1) is 14.6. The molecular formula is C16H14N3O4+. The lowest BCUT2D eigenvalue weighted by Crippen LogP contribution is -2.42. The van der Waals surface area contributed by atoms with E-state index in [1.54, 1.807) is 55.6 Å². The highest BCUT2D eigenvalue weighted by Crippen LogP contribution is 2.11. The minimum absolute atomic E-state index is 0.154. The van der Waals surface area contributed by atoms with Gasteiger partial charge < -0.3 is 10.1 Å². The van der Waals surface area contributed by atoms with E-state index in [-0.39, 0.29) is 5.69 Å². The summed E-state index contributed by atoms with van der Waals surface area (Å²) in [6.45, 7) is 0. The molecule has 0 fully saturated rings. The molecular weight excluding hydrogens is 298 g/mol. The van der Waals surface area contributed by atoms with Crippen molar-refractivity contribution in [2.45, 2.75) is 0 Å². The van der Waals surface area contributed by atoms with E-state index in [2.05, 4.69) is 10.6 Å². The Hall–Kier alpha value is -3.35. The summed E-state index contributed by atoms with van der Waals surface area (Å²) in [5.74, 6) is 0.0949. The van der Waals surface area contributed by atoms with Crippen LogP contribution in [0.4, 0.5) is 5.69 Å². The fraction of sp³-hybridized carbons (Fsp3) is 0.0625. The average Bonchev–Trinajstić information content (AvgIpc) is 2.97. The van der Waals surface area contributed by atoms with Gasteiger partial charge in [-0.1, -0.05) is 18.2 Å². The number of hydrogen-bond donors (Lipinski definition) is 2. The normalized spacial score (nSPS) is 10.3. The van der Waals surface area contributed by atoms with E-state index >= 15 is 0 Å². The molecule has 1 aromatic heterocycles. The molecule has 0 saturated heterocycles. The Morgan fingerprint density at radius 2 is 1.83 bits per heavy atom. The number of ether oxygens (including phenoxy) is 1. The van der Waals surface area contributed by atoms with Gasteiger partial charge in [-0.05, 0) is 34.2 Å². The number of H-pyrrole nitrogens is 1. The Kier molecular flexibility index (Phi) is 3.92. The van der Waals surface area contributed by atoms with Gasteiger partial charge in [-0.25, -0.2) is 4.79 Å². The van der Waals surface area contributed by atoms with E-state index in [4.69, 9.17) is 9.26 Å². The number of carbonyl (C=O) groups excluding carboxylic acids is 1. The van der Waals surface area contributed by atoms with Gasteiger partial charge in [-0.3, -0.25) is 9.32 Å². The molecule has 23 heavy (non-hydrogen) atoms. The lowest BCUT2D eigenvalue weighted by atomic mass is 10.3. The van der Waals surface area contributed by atoms with Crippen LogP contribution in [0.25, 0.3) is 5.69 Å². The number of hydrogen-bond acceptors (Lipinski definition) is 4. The highest BCUT2D eigenvalue weighted by molar-refractivity contribution is 6.01. The third-order valence-corrected chi connectivity index (χ3v) is 3.22. The maximum atomic E-state index is 12.4. The fourth-order valence-electron chi connectivity index (χ4n) is 2.09. The molecule has 0 aliphatic rings. The van der Waals surface area contributed by atoms with Crippen molar-refractivity contribution in [1.82, 2.24) is 5.27 Å². The van der Waals surface area contributed by atoms with Gasteiger partial charge in [0.25, 0.3) is 0 Å². The lowest BCUT2D eigenvalue weighted by molar-refractivity contribution is -0.672. The fourth-order valence-corrected chi connectivity index (χ4v) is 2.09. The van der Waals surface area contributed by atoms with Crippen molar-refractivity contribution in [3.63, 3.8) is 0 Å². The molecule has 116 valence electrons. The van der Waals surface area contributed by atoms with Crippen molar-refractivity contribution in [2.75, 3.05) is 12.4 Å². The predicted molar refractivity (Wildman–Crippen MR) is 81.8 cm³/mol. The lowest BCUT2D eigenvalue weighted by Gasteiger charge is -2.01. The van der Waals surface area contributed by atoms with Gasteiger partial charge in [0.2, 0.25) is 5.69 Å². The van der Waals surface area contributed by atoms with Crippen LogP contribution in [-0.4, -0.2) is 18.3 Å². The topological polar surface area (TPSA) is 88.2 Å². The number of methoxy groups -OCH3 is 1. The number of aromatic nitrogens is 2. The minimum Gasteiger partial charge on any atom is -0.497 e. The Morgan fingerprint density at radius 1 is 1.13 bits per heavy atom. The first-order valence-electron chi connectivity index (χ1n) is 6.83. The first-order valence-corrected chi connectivity index (χ1v) is 6.83. The van der Waals surface area contributed by atoms with Crippen LogP contribution in [0.2, 0.25) is 0 Å². The van der Waals surface area contributed by atoms with Gasteiger partial charge in [-0.2, -0.15) is 0 Å². The number of benzene rings is 2. The maximum Gasteiger partial charge on any atom is 0.441 e. The van der Waals surface area contributed by atoms with Crippen molar-refractivity contribution < 1.29 is 18.7 Å². The number of nitrogens with one attached hydrogen (secondary N) is 2. The van der Waals surface area contributed by atoms with Gasteiger partial charge >= 0.3 is 17.2 Å². The van der Waals surface area contributed by atoms with Crippen LogP contribution in [0.3, 0.4) is 0 Å². The summed E-state index contributed by atoms with van der Waals surface area (Å²) in [4.78, 5) is 24.2. The van der Waals surface area contributed by atoms with Crippen molar-refractivity contribution in [2.24, 2.45) is 0 Å². The second kappa shape index (κ2) is 6.18. The molecule has 7 nitrogen and oxygen atoms in total. The van der Waals surface area contributed by atoms with Gasteiger partial charge in [0.1, 0.15) is 5.75 Å². The SMILES string of the molecule is COc1ccc(-[n+]2[nH]oc(=O)c2C(=O)Nc2ccccc2)cc1. The zero-order valence-corrected chi connectivity index (χ0v) is 12.3. The number of anilines is 1. The summed E-state index contributed by atoms with van der Waals surface area (Å²) in [5, 5.41) is 5.08. The highest BCUT2D eigenvalue weighted by atomic mass is 16.5. The smallest absolute Gasteiger partial charge is 0.441 e. The predicted octanol–water partition coefficient (Wildman–Crippen LogP) is 1.51. The number of rotatable bonds is 4. The van der Waals surface area contributed by atoms with E-state index in [9.17, 15) is 9.59 Å². The summed E-state index contributed by atoms with van der Waals surface area (Å²) in [6, 6.07) is 15.7. The van der Waals surface area contributed by atoms with Crippen LogP contribution in [0, 0.1) is 0 Å². The molecule has 3 aromatic rings. The van der Waals surface area contributed by atoms with Crippen molar-refractivity contribution in [1.29, 1.82) is 0 Å². The van der Waals surface area contributed by atoms with Crippen molar-refractivity contribution in [3.05, 3.63) is 70.7 Å². The monoisotopic (exact) mass is 312 g/mol. The van der Waals surface area contributed by atoms with E-state index < -0.39 is 11.5 Å². The summed E-state index contributed by atoms with van der Waals surface area (Å²) in [6.07, 6.45) is 0. The molecule has 0 bridgehead atoms. The Morgan fingerprint density at radius 3 is 2.48 bits per heavy atom. The van der Waals surface area contributed by atoms with Gasteiger partial charge in [0.05, 0.1) is 7.11 Å². The average molecular weight is 312 g/mol. The van der Waals surface area contributed by atoms with Crippen LogP contribution < -0.4 is 20.4 Å². The second-order valence-corrected chi connectivity index (χ2v) is 4.68. The summed E-state index contributed by atoms with van der Waals surface area (Å²) in [7, 11) is 1.56. The van der Waals surface area contributed by atoms with Crippen LogP contribution in [0.1, 0.15) is 10.5 Å². The zero-order chi connectivity index (χ0) is 16.2. The zero-order valence-electron chi connectivity index (χ0n) is 12.3. The third kappa shape index (κ3) is 2.98. The highest BCUT2D eigenvalue weighted by Gasteiger charge is 2.30. The number of nitrogens with zero attached hydrogens (tertiary/aromatic N) is 1. The molecule has 1 heterocycles. The number of amides is 1. The molecule has 0 radical (unpaired) electrons. The van der Waals surface area contributed by atoms with E-state index in [1.807, 2.05) is 6.07 Å². The number of para-hydroxylation sites is 1. The molecule has 2 aromatic carbocycles. The van der Waals surface area contributed by atoms with Gasteiger partial charge in [0.15, 0.2) is 0 Å². The molecule has 0 saturated carbocycles. The van der Waals surface area contributed by atoms with E-state index in [0.717, 1.165) is 0 Å². The Bertz CT molecular complexity index is 866. The second-order valence-electron chi connectivity index (χ2n) is 4.68. The molecule has 0 atom stereocenters. The number of carbonyl (C=O) groups is 1. The summed E-state index contributed by atoms with van der Waals surface area (Å²) >= 11 is 0. The van der Waals surface area contributed by atoms with Gasteiger partial charge in [-0.15, -0.1) is 0 Å². The Balaban J connectivity index is 1.95. The quantitative estimate of drug-likeness (QED) is 0.715. The largest absolute Gasteiger partial charge is 0.497 e.